The number of hydrogen-bond acceptors (Lipinski definition) is 0. The summed E-state index contributed by atoms with van der Waals surface area (Å²) >= 11 is 0. The van der Waals surface area contributed by atoms with Crippen molar-refractivity contribution >= 4 is 0 Å². The van der Waals surface area contributed by atoms with Crippen molar-refractivity contribution in [1.29, 1.82) is 0 Å². The molecule has 0 aliphatic heterocycles. The van der Waals surface area contributed by atoms with E-state index < -0.39 is 0 Å². The van der Waals surface area contributed by atoms with E-state index in [4.69, 9.17) is 0 Å². The average Bonchev–Trinajstić information content (AvgIpc) is 2.89. The average molecular weight is 503 g/mol. The number of hydrogen-bond donors (Lipinski definition) is 0. The van der Waals surface area contributed by atoms with Gasteiger partial charge in [0.05, 0.1) is 0 Å². The lowest BCUT2D eigenvalue weighted by atomic mass is 10.0. The number of allylic oxidation sites excluding steroid dienone is 4. The van der Waals surface area contributed by atoms with Crippen LogP contribution in [-0.4, -0.2) is 0 Å². The fourth-order valence-electron chi connectivity index (χ4n) is 5.20. The topological polar surface area (TPSA) is 0 Å². The molecular formula is C36H70. The molecule has 0 fully saturated rings. The second-order valence-corrected chi connectivity index (χ2v) is 11.6. The third kappa shape index (κ3) is 33.5. The fraction of sp³-hybridized carbons (Fsp3) is 0.889. The Balaban J connectivity index is 3.09. The molecule has 0 radical (unpaired) electrons. The van der Waals surface area contributed by atoms with Crippen molar-refractivity contribution in [3.8, 4) is 0 Å². The van der Waals surface area contributed by atoms with Crippen LogP contribution in [0.5, 0.6) is 0 Å². The van der Waals surface area contributed by atoms with E-state index in [0.29, 0.717) is 0 Å². The molecule has 36 heavy (non-hydrogen) atoms. The molecule has 0 bridgehead atoms. The van der Waals surface area contributed by atoms with Gasteiger partial charge in [-0.05, 0) is 51.4 Å². The van der Waals surface area contributed by atoms with Crippen molar-refractivity contribution < 1.29 is 0 Å². The van der Waals surface area contributed by atoms with Crippen molar-refractivity contribution in [2.75, 3.05) is 0 Å². The lowest BCUT2D eigenvalue weighted by molar-refractivity contribution is 0.534. The zero-order chi connectivity index (χ0) is 26.0. The summed E-state index contributed by atoms with van der Waals surface area (Å²) in [5.41, 5.74) is 0. The first-order valence-electron chi connectivity index (χ1n) is 17.2. The van der Waals surface area contributed by atoms with Crippen LogP contribution in [-0.2, 0) is 0 Å². The zero-order valence-electron chi connectivity index (χ0n) is 25.5. The Morgan fingerprint density at radius 2 is 0.389 bits per heavy atom. The van der Waals surface area contributed by atoms with Gasteiger partial charge in [-0.25, -0.2) is 0 Å². The first-order chi connectivity index (χ1) is 17.9. The van der Waals surface area contributed by atoms with Gasteiger partial charge in [-0.3, -0.25) is 0 Å². The maximum atomic E-state index is 2.45. The van der Waals surface area contributed by atoms with Crippen LogP contribution in [0.3, 0.4) is 0 Å². The minimum absolute atomic E-state index is 1.31. The molecule has 0 aromatic rings. The van der Waals surface area contributed by atoms with E-state index >= 15 is 0 Å². The van der Waals surface area contributed by atoms with Crippen molar-refractivity contribution in [1.82, 2.24) is 0 Å². The molecule has 0 aromatic carbocycles. The van der Waals surface area contributed by atoms with E-state index in [1.807, 2.05) is 0 Å². The molecule has 0 atom stereocenters. The molecule has 0 saturated heterocycles. The molecule has 0 saturated carbocycles. The van der Waals surface area contributed by atoms with Crippen LogP contribution < -0.4 is 0 Å². The fourth-order valence-corrected chi connectivity index (χ4v) is 5.20. The van der Waals surface area contributed by atoms with Gasteiger partial charge in [0.2, 0.25) is 0 Å². The predicted octanol–water partition coefficient (Wildman–Crippen LogP) is 13.8. The summed E-state index contributed by atoms with van der Waals surface area (Å²) < 4.78 is 0. The molecule has 0 aliphatic carbocycles. The van der Waals surface area contributed by atoms with Crippen molar-refractivity contribution in [3.05, 3.63) is 24.3 Å². The van der Waals surface area contributed by atoms with Crippen LogP contribution in [0.15, 0.2) is 24.3 Å². The van der Waals surface area contributed by atoms with Crippen LogP contribution in [0, 0.1) is 0 Å². The van der Waals surface area contributed by atoms with Crippen LogP contribution in [0.25, 0.3) is 0 Å². The Bertz CT molecular complexity index is 378. The van der Waals surface area contributed by atoms with Crippen LogP contribution in [0.1, 0.15) is 206 Å². The second kappa shape index (κ2) is 34.5. The highest BCUT2D eigenvalue weighted by Crippen LogP contribution is 2.14. The molecule has 0 heteroatoms. The van der Waals surface area contributed by atoms with Gasteiger partial charge in [-0.2, -0.15) is 0 Å². The first kappa shape index (κ1) is 35.5. The monoisotopic (exact) mass is 503 g/mol. The minimum atomic E-state index is 1.31. The highest BCUT2D eigenvalue weighted by Gasteiger charge is 1.95. The van der Waals surface area contributed by atoms with E-state index in [1.165, 1.54) is 193 Å². The van der Waals surface area contributed by atoms with Gasteiger partial charge in [0.15, 0.2) is 0 Å². The van der Waals surface area contributed by atoms with Crippen LogP contribution >= 0.6 is 0 Å². The molecule has 0 rings (SSSR count). The Labute approximate surface area is 230 Å². The largest absolute Gasteiger partial charge is 0.0885 e. The summed E-state index contributed by atoms with van der Waals surface area (Å²) in [5, 5.41) is 0. The summed E-state index contributed by atoms with van der Waals surface area (Å²) in [5.74, 6) is 0. The highest BCUT2D eigenvalue weighted by atomic mass is 14.0. The van der Waals surface area contributed by atoms with Gasteiger partial charge in [0.1, 0.15) is 0 Å². The van der Waals surface area contributed by atoms with Gasteiger partial charge in [-0.15, -0.1) is 0 Å². The van der Waals surface area contributed by atoms with Gasteiger partial charge in [-0.1, -0.05) is 179 Å². The van der Waals surface area contributed by atoms with Crippen molar-refractivity contribution in [3.63, 3.8) is 0 Å². The molecule has 0 N–H and O–H groups in total. The SMILES string of the molecule is CCCCCCCC/C=C\CCCCCCCCCCCCCCCC/C=C\CCCCCCCC. The number of rotatable bonds is 31. The Morgan fingerprint density at radius 1 is 0.222 bits per heavy atom. The highest BCUT2D eigenvalue weighted by molar-refractivity contribution is 4.82. The maximum Gasteiger partial charge on any atom is -0.0351 e. The quantitative estimate of drug-likeness (QED) is 0.0653. The van der Waals surface area contributed by atoms with Gasteiger partial charge in [0.25, 0.3) is 0 Å². The van der Waals surface area contributed by atoms with E-state index in [1.54, 1.807) is 0 Å². The predicted molar refractivity (Wildman–Crippen MR) is 168 cm³/mol. The molecule has 0 amide bonds. The molecule has 0 spiro atoms. The molecule has 214 valence electrons. The molecule has 0 nitrogen and oxygen atoms in total. The van der Waals surface area contributed by atoms with Gasteiger partial charge >= 0.3 is 0 Å². The zero-order valence-corrected chi connectivity index (χ0v) is 25.5. The maximum absolute atomic E-state index is 2.45. The molecule has 0 aromatic heterocycles. The molecule has 0 unspecified atom stereocenters. The minimum Gasteiger partial charge on any atom is -0.0885 e. The third-order valence-corrected chi connectivity index (χ3v) is 7.77. The van der Waals surface area contributed by atoms with Crippen molar-refractivity contribution in [2.45, 2.75) is 206 Å². The van der Waals surface area contributed by atoms with Gasteiger partial charge < -0.3 is 0 Å². The second-order valence-electron chi connectivity index (χ2n) is 11.6. The van der Waals surface area contributed by atoms with Crippen LogP contribution in [0.2, 0.25) is 0 Å². The Kier molecular flexibility index (Phi) is 34.0. The van der Waals surface area contributed by atoms with E-state index in [9.17, 15) is 0 Å². The van der Waals surface area contributed by atoms with E-state index in [0.717, 1.165) is 0 Å². The summed E-state index contributed by atoms with van der Waals surface area (Å²) in [6, 6.07) is 0. The summed E-state index contributed by atoms with van der Waals surface area (Å²) in [7, 11) is 0. The first-order valence-corrected chi connectivity index (χ1v) is 17.2. The normalized spacial score (nSPS) is 11.9. The standard InChI is InChI=1S/C36H70/c1-3-5-7-9-11-13-15-17-19-21-23-25-27-29-31-33-35-36-34-32-30-28-26-24-22-20-18-16-14-12-10-8-6-4-2/h17-20H,3-16,21-36H2,1-2H3/b19-17-,20-18-. The molecule has 0 aliphatic rings. The molecule has 0 heterocycles. The Hall–Kier alpha value is -0.520. The summed E-state index contributed by atoms with van der Waals surface area (Å²) in [4.78, 5) is 0. The summed E-state index contributed by atoms with van der Waals surface area (Å²) in [6.45, 7) is 4.59. The lowest BCUT2D eigenvalue weighted by Gasteiger charge is -2.03. The summed E-state index contributed by atoms with van der Waals surface area (Å²) in [6.07, 6.45) is 52.4. The lowest BCUT2D eigenvalue weighted by Crippen LogP contribution is -1.83. The smallest absolute Gasteiger partial charge is 0.0351 e. The molecular weight excluding hydrogens is 432 g/mol. The van der Waals surface area contributed by atoms with Gasteiger partial charge in [0, 0.05) is 0 Å². The van der Waals surface area contributed by atoms with Crippen LogP contribution in [0.4, 0.5) is 0 Å². The Morgan fingerprint density at radius 3 is 0.583 bits per heavy atom. The van der Waals surface area contributed by atoms with E-state index in [2.05, 4.69) is 38.2 Å². The van der Waals surface area contributed by atoms with Crippen molar-refractivity contribution in [2.24, 2.45) is 0 Å². The van der Waals surface area contributed by atoms with E-state index in [-0.39, 0.29) is 0 Å². The number of unbranched alkanes of at least 4 members (excludes halogenated alkanes) is 27. The third-order valence-electron chi connectivity index (χ3n) is 7.77.